The normalized spacial score (nSPS) is 20.2. The van der Waals surface area contributed by atoms with Crippen LogP contribution in [0.3, 0.4) is 0 Å². The smallest absolute Gasteiger partial charge is 0.338 e. The van der Waals surface area contributed by atoms with Crippen molar-refractivity contribution in [3.63, 3.8) is 0 Å². The van der Waals surface area contributed by atoms with Gasteiger partial charge in [-0.1, -0.05) is 94.7 Å². The summed E-state index contributed by atoms with van der Waals surface area (Å²) in [5, 5.41) is 46.8. The highest BCUT2D eigenvalue weighted by atomic mass is 16.5. The fourth-order valence-corrected chi connectivity index (χ4v) is 22.2. The van der Waals surface area contributed by atoms with E-state index in [1.807, 2.05) is 65.8 Å². The first-order chi connectivity index (χ1) is 61.6. The average Bonchev–Trinajstić information content (AvgIpc) is 1.57. The Bertz CT molecular complexity index is 6790. The van der Waals surface area contributed by atoms with Crippen LogP contribution in [0.5, 0.6) is 0 Å². The number of fused-ring (bicyclic) bond motifs is 22. The summed E-state index contributed by atoms with van der Waals surface area (Å²) >= 11 is 0. The summed E-state index contributed by atoms with van der Waals surface area (Å²) in [4.78, 5) is 109. The number of carboxylic acids is 3. The van der Waals surface area contributed by atoms with Crippen LogP contribution < -0.4 is 48.0 Å². The largest absolute Gasteiger partial charge is 0.481 e. The molecule has 3 saturated heterocycles. The fourth-order valence-electron chi connectivity index (χ4n) is 22.2. The molecule has 0 amide bonds. The van der Waals surface area contributed by atoms with E-state index in [4.69, 9.17) is 9.47 Å². The van der Waals surface area contributed by atoms with Gasteiger partial charge < -0.3 is 85.6 Å². The Hall–Kier alpha value is -12.3. The first kappa shape index (κ1) is 91.4. The van der Waals surface area contributed by atoms with Gasteiger partial charge in [-0.3, -0.25) is 24.0 Å². The Morgan fingerprint density at radius 1 is 0.419 bits per heavy atom. The maximum Gasteiger partial charge on any atom is 0.338 e. The van der Waals surface area contributed by atoms with Gasteiger partial charge in [0.2, 0.25) is 0 Å². The van der Waals surface area contributed by atoms with E-state index in [0.717, 1.165) is 218 Å². The van der Waals surface area contributed by atoms with Crippen LogP contribution >= 0.6 is 0 Å². The zero-order valence-electron chi connectivity index (χ0n) is 78.9. The highest BCUT2D eigenvalue weighted by molar-refractivity contribution is 6.16. The third-order valence-corrected chi connectivity index (χ3v) is 29.3. The second-order valence-corrected chi connectivity index (χ2v) is 36.6. The third-order valence-electron chi connectivity index (χ3n) is 29.3. The zero-order valence-corrected chi connectivity index (χ0v) is 78.9. The highest BCUT2D eigenvalue weighted by Crippen LogP contribution is 2.51. The number of ketones is 2. The van der Waals surface area contributed by atoms with Crippen molar-refractivity contribution in [1.82, 2.24) is 60.8 Å². The minimum absolute atomic E-state index is 0.0136. The molecule has 15 heterocycles. The molecule has 9 aromatic rings. The van der Waals surface area contributed by atoms with Gasteiger partial charge in [-0.15, -0.1) is 0 Å². The van der Waals surface area contributed by atoms with E-state index in [9.17, 15) is 44.1 Å². The van der Waals surface area contributed by atoms with Crippen molar-refractivity contribution in [3.05, 3.63) is 241 Å². The van der Waals surface area contributed by atoms with E-state index in [1.54, 1.807) is 6.92 Å². The van der Waals surface area contributed by atoms with Crippen molar-refractivity contribution in [3.8, 4) is 0 Å². The van der Waals surface area contributed by atoms with Gasteiger partial charge in [0.25, 0.3) is 0 Å². The molecule has 3 fully saturated rings. The number of nitrogens with one attached hydrogen (secondary N) is 12. The number of aromatic amines is 9. The molecule has 6 aliphatic heterocycles. The number of carbonyl (C=O) groups excluding carboxylic acids is 3. The number of aromatic nitrogens is 9. The van der Waals surface area contributed by atoms with Crippen LogP contribution in [0.4, 0.5) is 0 Å². The molecule has 15 N–H and O–H groups in total. The number of aliphatic carboxylic acids is 2. The van der Waals surface area contributed by atoms with Crippen LogP contribution in [-0.2, 0) is 38.3 Å². The molecule has 0 aromatic carbocycles. The van der Waals surface area contributed by atoms with Crippen molar-refractivity contribution < 1.29 is 53.6 Å². The number of ether oxygens (including phenoxy) is 2. The number of H-pyrrole nitrogens is 9. The highest BCUT2D eigenvalue weighted by Gasteiger charge is 2.46. The number of carboxylic acid groups (broad SMARTS) is 3. The molecule has 129 heavy (non-hydrogen) atoms. The van der Waals surface area contributed by atoms with Crippen molar-refractivity contribution in [1.29, 1.82) is 0 Å². The lowest BCUT2D eigenvalue weighted by Gasteiger charge is -2.18. The molecular weight excluding hydrogens is 1620 g/mol. The van der Waals surface area contributed by atoms with Crippen molar-refractivity contribution >= 4 is 113 Å². The van der Waals surface area contributed by atoms with Crippen LogP contribution in [-0.4, -0.2) is 109 Å². The molecule has 9 aromatic heterocycles. The molecule has 0 radical (unpaired) electrons. The zero-order chi connectivity index (χ0) is 92.8. The van der Waals surface area contributed by atoms with E-state index < -0.39 is 30.2 Å². The summed E-state index contributed by atoms with van der Waals surface area (Å²) < 4.78 is 12.2. The molecule has 17 rings (SSSR count). The number of hydrogen-bond donors (Lipinski definition) is 15. The number of aldehydes is 1. The number of carbonyl (C=O) groups is 6. The van der Waals surface area contributed by atoms with E-state index in [1.165, 1.54) is 39.3 Å². The Morgan fingerprint density at radius 3 is 1.20 bits per heavy atom. The monoisotopic (exact) mass is 1740 g/mol. The predicted octanol–water partition coefficient (Wildman–Crippen LogP) is 16.9. The fraction of sp³-hybridized carbons (Fsp3) is 0.415. The summed E-state index contributed by atoms with van der Waals surface area (Å²) in [6.07, 6.45) is 27.8. The summed E-state index contributed by atoms with van der Waals surface area (Å²) in [5.74, 6) is -2.71. The second-order valence-electron chi connectivity index (χ2n) is 36.6. The van der Waals surface area contributed by atoms with E-state index in [0.29, 0.717) is 59.9 Å². The molecule has 23 nitrogen and oxygen atoms in total. The van der Waals surface area contributed by atoms with Crippen LogP contribution in [0.15, 0.2) is 40.8 Å². The Kier molecular flexibility index (Phi) is 25.7. The number of rotatable bonds is 21. The SMILES string of the molecule is C=Cc1c2[nH]c(c1C)C=C1NC(=C3c4[nH]c(c(C)c4C(=O)C3C)C=c3[nH]c(c(C=O)c3CC)=C2)[C@@H](CCC)[C@@H]1C.CCC[C@@H]1C2=C3c4[nH]c(c(C)c4C(=O)C3C)C=c3[nH]c(c(C)c3CC)=Cc3[nH]c(c(C)c3C(C)OCC)C=C(N2)[C@H]1C.CCOC(C)c1c2[nH]c(c1C)C=C1NC(=C(CC(=O)O)c3[nH]c(c(C)c3C(=O)O)C=c3[nH]c(c(C)c3CC)=C2)[C@@H](CCC(=O)O)[C@@H]1C. The van der Waals surface area contributed by atoms with Gasteiger partial charge in [-0.2, -0.15) is 0 Å². The topological polar surface area (TPSA) is 360 Å². The molecule has 4 unspecified atom stereocenters. The number of allylic oxidation sites excluding steroid dienone is 8. The molecule has 0 saturated carbocycles. The molecule has 8 aliphatic rings. The predicted molar refractivity (Wildman–Crippen MR) is 513 cm³/mol. The average molecular weight is 1750 g/mol. The molecule has 24 bridgehead atoms. The van der Waals surface area contributed by atoms with Crippen LogP contribution in [0, 0.1) is 103 Å². The molecular formula is C106H128N12O11. The van der Waals surface area contributed by atoms with Gasteiger partial charge >= 0.3 is 17.9 Å². The standard InChI is InChI=1S/C36H44N4O7.C36H46N4O2.C34H38N4O2/c1-8-21-16(3)24-15-29-32(20(7)47-9-2)18(5)26(38-29)13-25-17(4)22(10-11-30(41)42)34(39-25)23(12-31(43)44)35-33(36(45)46)19(6)27(40-35)14-28(21)37-24;1-10-13-24-18(5)26-14-27-19(6)31(22(9)42-12-3)30(38-27)16-25-17(4)23(11-2)29(37-25)15-28-20(7)33-35(40-28)32(34(24)39-26)21(8)36(33)41;1-8-11-22-17(5)25-12-24-16(4)20(9-2)27(35-24)14-29-23(15-39)21(10-3)28(36-29)13-26-18(6)31-33(38-26)30(32(22)37-25)19(7)34(31)40/h13-15,17,20,22,37-40H,8-12H2,1-7H3,(H,41,42)(H,43,44)(H,45,46);14-16,18,21-22,24,37-40H,10-13H2,1-9H3;9,12-15,17,19,22,35-38H,2,8,10-11H2,1,3-7H3/t17-,20?,22-;18-,21?,22?,24-;17-,19?,22-/m000/s1. The van der Waals surface area contributed by atoms with Crippen LogP contribution in [0.2, 0.25) is 0 Å². The molecule has 0 spiro atoms. The van der Waals surface area contributed by atoms with Crippen molar-refractivity contribution in [2.24, 2.45) is 47.3 Å². The lowest BCUT2D eigenvalue weighted by Crippen LogP contribution is -2.16. The van der Waals surface area contributed by atoms with E-state index >= 15 is 0 Å². The van der Waals surface area contributed by atoms with E-state index in [-0.39, 0.29) is 77.1 Å². The minimum Gasteiger partial charge on any atom is -0.481 e. The van der Waals surface area contributed by atoms with Gasteiger partial charge in [-0.25, -0.2) is 4.79 Å². The lowest BCUT2D eigenvalue weighted by molar-refractivity contribution is -0.137. The minimum atomic E-state index is -1.18. The van der Waals surface area contributed by atoms with Crippen molar-refractivity contribution in [2.75, 3.05) is 13.2 Å². The quantitative estimate of drug-likeness (QED) is 0.0298. The lowest BCUT2D eigenvalue weighted by atomic mass is 9.85. The van der Waals surface area contributed by atoms with Gasteiger partial charge in [-0.05, 0) is 237 Å². The Labute approximate surface area is 754 Å². The molecule has 678 valence electrons. The molecule has 2 aliphatic carbocycles. The number of hydrogen-bond acceptors (Lipinski definition) is 11. The van der Waals surface area contributed by atoms with Gasteiger partial charge in [0.15, 0.2) is 17.9 Å². The van der Waals surface area contributed by atoms with Gasteiger partial charge in [0.1, 0.15) is 0 Å². The first-order valence-corrected chi connectivity index (χ1v) is 46.5. The van der Waals surface area contributed by atoms with Crippen LogP contribution in [0.1, 0.15) is 342 Å². The third kappa shape index (κ3) is 15.9. The number of Topliss-reactive ketones (excluding diaryl/α,β-unsaturated/α-hetero) is 2. The summed E-state index contributed by atoms with van der Waals surface area (Å²) in [6, 6.07) is 0. The first-order valence-electron chi connectivity index (χ1n) is 46.5. The maximum atomic E-state index is 13.8. The summed E-state index contributed by atoms with van der Waals surface area (Å²) in [6.45, 7) is 51.4. The van der Waals surface area contributed by atoms with Crippen molar-refractivity contribution in [2.45, 2.75) is 229 Å². The number of aromatic carboxylic acids is 1. The Balaban J connectivity index is 0.000000149. The molecule has 23 heteroatoms. The Morgan fingerprint density at radius 2 is 0.798 bits per heavy atom. The van der Waals surface area contributed by atoms with Gasteiger partial charge in [0.05, 0.1) is 46.6 Å². The maximum absolute atomic E-state index is 13.8. The van der Waals surface area contributed by atoms with E-state index in [2.05, 4.69) is 208 Å². The van der Waals surface area contributed by atoms with Crippen LogP contribution in [0.25, 0.3) is 77.5 Å². The summed E-state index contributed by atoms with van der Waals surface area (Å²) in [7, 11) is 0. The second kappa shape index (κ2) is 36.3. The summed E-state index contributed by atoms with van der Waals surface area (Å²) in [5.41, 5.74) is 35.9. The van der Waals surface area contributed by atoms with Gasteiger partial charge in [0, 0.05) is 229 Å². The molecule has 10 atom stereocenters.